The van der Waals surface area contributed by atoms with Crippen LogP contribution in [0.15, 0.2) is 29.2 Å². The zero-order valence-electron chi connectivity index (χ0n) is 18.9. The summed E-state index contributed by atoms with van der Waals surface area (Å²) >= 11 is 0. The summed E-state index contributed by atoms with van der Waals surface area (Å²) in [5.41, 5.74) is 0.305. The highest BCUT2D eigenvalue weighted by molar-refractivity contribution is 7.91. The highest BCUT2D eigenvalue weighted by Crippen LogP contribution is 2.36. The Bertz CT molecular complexity index is 979. The van der Waals surface area contributed by atoms with Crippen LogP contribution in [-0.4, -0.2) is 61.5 Å². The van der Waals surface area contributed by atoms with Gasteiger partial charge in [-0.1, -0.05) is 5.92 Å². The fourth-order valence-electron chi connectivity index (χ4n) is 3.46. The lowest BCUT2D eigenvalue weighted by molar-refractivity contribution is -0.141. The van der Waals surface area contributed by atoms with E-state index in [1.165, 1.54) is 17.0 Å². The minimum Gasteiger partial charge on any atom is -0.444 e. The smallest absolute Gasteiger partial charge is 0.410 e. The van der Waals surface area contributed by atoms with Crippen LogP contribution in [0, 0.1) is 17.3 Å². The third kappa shape index (κ3) is 6.61. The van der Waals surface area contributed by atoms with E-state index >= 15 is 0 Å². The second-order valence-corrected chi connectivity index (χ2v) is 10.7. The maximum atomic E-state index is 13.1. The summed E-state index contributed by atoms with van der Waals surface area (Å²) in [6.07, 6.45) is -0.366. The summed E-state index contributed by atoms with van der Waals surface area (Å²) in [5, 5.41) is 12.3. The topological polar surface area (TPSA) is 125 Å². The van der Waals surface area contributed by atoms with E-state index in [-0.39, 0.29) is 30.8 Å². The van der Waals surface area contributed by atoms with Gasteiger partial charge in [-0.3, -0.25) is 10.0 Å². The highest BCUT2D eigenvalue weighted by Gasteiger charge is 2.46. The number of hydrogen-bond acceptors (Lipinski definition) is 7. The summed E-state index contributed by atoms with van der Waals surface area (Å²) in [6, 6.07) is 6.21. The van der Waals surface area contributed by atoms with Crippen molar-refractivity contribution in [1.29, 1.82) is 0 Å². The van der Waals surface area contributed by atoms with Crippen LogP contribution < -0.4 is 10.8 Å². The number of amides is 2. The first-order valence-corrected chi connectivity index (χ1v) is 12.0. The number of rotatable bonds is 6. The van der Waals surface area contributed by atoms with Crippen LogP contribution in [0.3, 0.4) is 0 Å². The Kier molecular flexibility index (Phi) is 8.15. The van der Waals surface area contributed by atoms with Crippen molar-refractivity contribution in [2.24, 2.45) is 5.41 Å². The number of nitrogens with one attached hydrogen (secondary N) is 2. The number of hydroxylamine groups is 1. The quantitative estimate of drug-likeness (QED) is 0.335. The van der Waals surface area contributed by atoms with Gasteiger partial charge >= 0.3 is 6.09 Å². The average Bonchev–Trinajstić information content (AvgIpc) is 2.72. The lowest BCUT2D eigenvalue weighted by Crippen LogP contribution is -2.53. The van der Waals surface area contributed by atoms with Crippen molar-refractivity contribution in [2.45, 2.75) is 51.0 Å². The highest BCUT2D eigenvalue weighted by atomic mass is 32.2. The lowest BCUT2D eigenvalue weighted by atomic mass is 9.79. The second-order valence-electron chi connectivity index (χ2n) is 8.75. The summed E-state index contributed by atoms with van der Waals surface area (Å²) < 4.78 is 31.5. The van der Waals surface area contributed by atoms with E-state index in [4.69, 9.17) is 4.74 Å². The summed E-state index contributed by atoms with van der Waals surface area (Å²) in [7, 11) is -3.84. The molecule has 9 nitrogen and oxygen atoms in total. The van der Waals surface area contributed by atoms with Crippen LogP contribution in [0.2, 0.25) is 0 Å². The third-order valence-corrected chi connectivity index (χ3v) is 7.12. The van der Waals surface area contributed by atoms with Gasteiger partial charge in [0.05, 0.1) is 22.6 Å². The van der Waals surface area contributed by atoms with Gasteiger partial charge in [-0.25, -0.2) is 18.7 Å². The van der Waals surface area contributed by atoms with Crippen molar-refractivity contribution in [3.63, 3.8) is 0 Å². The number of carbonyl (C=O) groups is 2. The first-order chi connectivity index (χ1) is 14.9. The van der Waals surface area contributed by atoms with Gasteiger partial charge in [0.25, 0.3) is 5.91 Å². The number of hydrogen-bond donors (Lipinski definition) is 3. The van der Waals surface area contributed by atoms with E-state index in [0.717, 1.165) is 5.69 Å². The molecule has 1 fully saturated rings. The standard InChI is InChI=1S/C22H31N3O6S/c1-5-6-13-23-17-7-9-18(10-8-17)32(29,30)16-22(19(26)24-28)11-14-25(15-12-22)20(27)31-21(2,3)4/h7-10,23,28H,11-16H2,1-4H3,(H,24,26). The molecule has 2 amide bonds. The van der Waals surface area contributed by atoms with E-state index in [1.807, 2.05) is 0 Å². The van der Waals surface area contributed by atoms with E-state index in [2.05, 4.69) is 17.2 Å². The molecule has 1 saturated heterocycles. The molecule has 10 heteroatoms. The normalized spacial score (nSPS) is 15.8. The number of ether oxygens (including phenoxy) is 1. The number of sulfone groups is 1. The molecule has 0 unspecified atom stereocenters. The Balaban J connectivity index is 2.16. The predicted octanol–water partition coefficient (Wildman–Crippen LogP) is 2.42. The zero-order chi connectivity index (χ0) is 24.0. The van der Waals surface area contributed by atoms with Crippen LogP contribution in [0.1, 0.15) is 40.5 Å². The van der Waals surface area contributed by atoms with Crippen molar-refractivity contribution in [3.05, 3.63) is 24.3 Å². The zero-order valence-corrected chi connectivity index (χ0v) is 19.7. The van der Waals surface area contributed by atoms with E-state index in [1.54, 1.807) is 45.3 Å². The average molecular weight is 466 g/mol. The van der Waals surface area contributed by atoms with Gasteiger partial charge in [-0.2, -0.15) is 0 Å². The Morgan fingerprint density at radius 3 is 2.28 bits per heavy atom. The molecule has 1 aliphatic heterocycles. The van der Waals surface area contributed by atoms with Crippen LogP contribution >= 0.6 is 0 Å². The number of benzene rings is 1. The van der Waals surface area contributed by atoms with Crippen LogP contribution in [0.5, 0.6) is 0 Å². The monoisotopic (exact) mass is 465 g/mol. The van der Waals surface area contributed by atoms with Gasteiger partial charge in [0.1, 0.15) is 5.60 Å². The fraction of sp³-hybridized carbons (Fsp3) is 0.545. The maximum Gasteiger partial charge on any atom is 0.410 e. The molecule has 0 bridgehead atoms. The molecule has 176 valence electrons. The van der Waals surface area contributed by atoms with Gasteiger partial charge in [0.2, 0.25) is 0 Å². The SMILES string of the molecule is CC#CCNc1ccc(S(=O)(=O)CC2(C(=O)NO)CCN(C(=O)OC(C)(C)C)CC2)cc1. The molecule has 3 N–H and O–H groups in total. The summed E-state index contributed by atoms with van der Waals surface area (Å²) in [4.78, 5) is 26.4. The van der Waals surface area contributed by atoms with Crippen molar-refractivity contribution in [1.82, 2.24) is 10.4 Å². The molecule has 32 heavy (non-hydrogen) atoms. The molecular weight excluding hydrogens is 434 g/mol. The molecule has 0 spiro atoms. The van der Waals surface area contributed by atoms with Gasteiger partial charge in [0.15, 0.2) is 9.84 Å². The van der Waals surface area contributed by atoms with E-state index < -0.39 is 38.6 Å². The van der Waals surface area contributed by atoms with Crippen molar-refractivity contribution >= 4 is 27.5 Å². The Morgan fingerprint density at radius 2 is 1.78 bits per heavy atom. The number of anilines is 1. The van der Waals surface area contributed by atoms with Crippen LogP contribution in [-0.2, 0) is 19.4 Å². The fourth-order valence-corrected chi connectivity index (χ4v) is 5.33. The molecule has 1 aliphatic rings. The number of likely N-dealkylation sites (tertiary alicyclic amines) is 1. The third-order valence-electron chi connectivity index (χ3n) is 5.19. The van der Waals surface area contributed by atoms with E-state index in [9.17, 15) is 23.2 Å². The second kappa shape index (κ2) is 10.2. The van der Waals surface area contributed by atoms with Crippen molar-refractivity contribution in [3.8, 4) is 11.8 Å². The molecule has 0 aliphatic carbocycles. The molecule has 2 rings (SSSR count). The Morgan fingerprint density at radius 1 is 1.19 bits per heavy atom. The Labute approximate surface area is 189 Å². The summed E-state index contributed by atoms with van der Waals surface area (Å²) in [5.74, 6) is 4.36. The molecule has 0 radical (unpaired) electrons. The van der Waals surface area contributed by atoms with Crippen molar-refractivity contribution in [2.75, 3.05) is 30.7 Å². The minimum atomic E-state index is -3.84. The largest absolute Gasteiger partial charge is 0.444 e. The molecule has 1 heterocycles. The van der Waals surface area contributed by atoms with Crippen LogP contribution in [0.25, 0.3) is 0 Å². The Hall–Kier alpha value is -2.77. The molecule has 0 aromatic heterocycles. The first-order valence-electron chi connectivity index (χ1n) is 10.3. The van der Waals surface area contributed by atoms with Gasteiger partial charge in [0, 0.05) is 18.8 Å². The predicted molar refractivity (Wildman–Crippen MR) is 120 cm³/mol. The number of nitrogens with zero attached hydrogens (tertiary/aromatic N) is 1. The molecular formula is C22H31N3O6S. The van der Waals surface area contributed by atoms with E-state index in [0.29, 0.717) is 6.54 Å². The first kappa shape index (κ1) is 25.5. The molecule has 1 aromatic rings. The number of carbonyl (C=O) groups excluding carboxylic acids is 2. The minimum absolute atomic E-state index is 0.0734. The number of piperidine rings is 1. The molecule has 1 aromatic carbocycles. The van der Waals surface area contributed by atoms with Gasteiger partial charge in [-0.15, -0.1) is 5.92 Å². The van der Waals surface area contributed by atoms with Gasteiger partial charge < -0.3 is 15.0 Å². The lowest BCUT2D eigenvalue weighted by Gasteiger charge is -2.40. The maximum absolute atomic E-state index is 13.1. The van der Waals surface area contributed by atoms with Crippen LogP contribution in [0.4, 0.5) is 10.5 Å². The molecule has 0 atom stereocenters. The summed E-state index contributed by atoms with van der Waals surface area (Å²) in [6.45, 7) is 7.71. The molecule has 0 saturated carbocycles. The van der Waals surface area contributed by atoms with Crippen molar-refractivity contribution < 1.29 is 28.0 Å². The van der Waals surface area contributed by atoms with Gasteiger partial charge in [-0.05, 0) is 64.8 Å².